The van der Waals surface area contributed by atoms with Crippen molar-refractivity contribution in [3.63, 3.8) is 0 Å². The van der Waals surface area contributed by atoms with Gasteiger partial charge in [0.05, 0.1) is 12.9 Å². The minimum Gasteiger partial charge on any atom is -0.756 e. The van der Waals surface area contributed by atoms with Crippen molar-refractivity contribution >= 4 is 32.6 Å². The Morgan fingerprint density at radius 1 is 1.20 bits per heavy atom. The monoisotopic (exact) mass is 501 g/mol. The Morgan fingerprint density at radius 2 is 1.83 bits per heavy atom. The van der Waals surface area contributed by atoms with Crippen molar-refractivity contribution in [2.45, 2.75) is 24.5 Å². The molecule has 30 heavy (non-hydrogen) atoms. The molecule has 1 aliphatic rings. The second kappa shape index (κ2) is 11.3. The van der Waals surface area contributed by atoms with Gasteiger partial charge >= 0.3 is 59.2 Å². The molecule has 0 saturated carbocycles. The minimum absolute atomic E-state index is 0. The van der Waals surface area contributed by atoms with Crippen LogP contribution in [0.1, 0.15) is 6.23 Å². The molecule has 2 aromatic heterocycles. The Bertz CT molecular complexity index is 941. The number of nitrogens with zero attached hydrogens (tertiary/aromatic N) is 4. The fourth-order valence-electron chi connectivity index (χ4n) is 2.47. The van der Waals surface area contributed by atoms with Crippen LogP contribution in [-0.4, -0.2) is 75.4 Å². The van der Waals surface area contributed by atoms with Crippen LogP contribution < -0.4 is 62.0 Å². The van der Waals surface area contributed by atoms with Crippen LogP contribution in [-0.2, 0) is 22.7 Å². The Morgan fingerprint density at radius 3 is 2.43 bits per heavy atom. The summed E-state index contributed by atoms with van der Waals surface area (Å²) in [6, 6.07) is 0. The number of hydrogen-bond acceptors (Lipinski definition) is 12. The Kier molecular flexibility index (Phi) is 11.3. The third-order valence-electron chi connectivity index (χ3n) is 3.60. The fraction of sp³-hybridized carbons (Fsp3) is 0.500. The van der Waals surface area contributed by atoms with Gasteiger partial charge in [-0.1, -0.05) is 0 Å². The number of anilines is 1. The van der Waals surface area contributed by atoms with Crippen molar-refractivity contribution in [3.05, 3.63) is 12.7 Å². The Balaban J connectivity index is 0.00000280. The van der Waals surface area contributed by atoms with Crippen LogP contribution in [0.2, 0.25) is 0 Å². The van der Waals surface area contributed by atoms with Gasteiger partial charge in [-0.25, -0.2) is 23.8 Å². The maximum Gasteiger partial charge on any atom is 1.00 e. The van der Waals surface area contributed by atoms with Crippen LogP contribution in [0.4, 0.5) is 5.82 Å². The summed E-state index contributed by atoms with van der Waals surface area (Å²) in [6.45, 7) is -0.876. The van der Waals surface area contributed by atoms with E-state index in [0.717, 1.165) is 6.33 Å². The third-order valence-corrected chi connectivity index (χ3v) is 5.72. The first-order valence-corrected chi connectivity index (χ1v) is 10.1. The molecule has 2 aromatic rings. The van der Waals surface area contributed by atoms with E-state index in [9.17, 15) is 24.2 Å². The van der Waals surface area contributed by atoms with Crippen LogP contribution in [0.25, 0.3) is 11.2 Å². The number of nitrogens with two attached hydrogens (primary N) is 1. The van der Waals surface area contributed by atoms with Crippen molar-refractivity contribution in [2.75, 3.05) is 12.3 Å². The summed E-state index contributed by atoms with van der Waals surface area (Å²) in [5.74, 6) is 0.0774. The van der Waals surface area contributed by atoms with Crippen LogP contribution in [0.3, 0.4) is 0 Å². The van der Waals surface area contributed by atoms with Crippen LogP contribution >= 0.6 is 15.6 Å². The summed E-state index contributed by atoms with van der Waals surface area (Å²) in [7, 11) is -10.7. The molecule has 20 heteroatoms. The van der Waals surface area contributed by atoms with Gasteiger partial charge in [-0.15, -0.1) is 0 Å². The predicted octanol–water partition coefficient (Wildman–Crippen LogP) is -7.02. The number of phosphoric acid groups is 2. The number of rotatable bonds is 6. The van der Waals surface area contributed by atoms with Crippen LogP contribution in [0.15, 0.2) is 12.7 Å². The van der Waals surface area contributed by atoms with E-state index >= 15 is 0 Å². The number of phosphoric ester groups is 1. The number of aliphatic hydroxyl groups excluding tert-OH is 2. The van der Waals surface area contributed by atoms with Crippen LogP contribution in [0.5, 0.6) is 0 Å². The van der Waals surface area contributed by atoms with Gasteiger partial charge in [0.25, 0.3) is 7.82 Å². The van der Waals surface area contributed by atoms with Gasteiger partial charge in [0.15, 0.2) is 17.7 Å². The van der Waals surface area contributed by atoms with E-state index in [0.29, 0.717) is 0 Å². The van der Waals surface area contributed by atoms with Gasteiger partial charge in [-0.2, -0.15) is 0 Å². The molecule has 3 rings (SSSR count). The molecule has 0 bridgehead atoms. The molecule has 17 nitrogen and oxygen atoms in total. The number of imidazole rings is 1. The normalized spacial score (nSPS) is 25.6. The van der Waals surface area contributed by atoms with Gasteiger partial charge in [-0.05, 0) is 0 Å². The number of ether oxygens (including phenoxy) is 1. The summed E-state index contributed by atoms with van der Waals surface area (Å²) in [6.07, 6.45) is -3.33. The average molecular weight is 501 g/mol. The molecule has 1 fully saturated rings. The van der Waals surface area contributed by atoms with E-state index in [1.54, 1.807) is 0 Å². The topological polar surface area (TPSA) is 298 Å². The molecule has 1 aliphatic heterocycles. The van der Waals surface area contributed by atoms with E-state index in [1.165, 1.54) is 10.9 Å². The number of fused-ring (bicyclic) bond motifs is 1. The van der Waals surface area contributed by atoms with Crippen molar-refractivity contribution in [1.82, 2.24) is 19.5 Å². The SMILES string of the molecule is Nc1ncnc2c1ncn2C1OC(COP(=O)([O-])OP(=O)(O)O)C(O)C1O.O.O.[K+]. The smallest absolute Gasteiger partial charge is 0.756 e. The summed E-state index contributed by atoms with van der Waals surface area (Å²) >= 11 is 0. The Hall–Kier alpha value is 0.0464. The van der Waals surface area contributed by atoms with Gasteiger partial charge < -0.3 is 50.8 Å². The zero-order valence-electron chi connectivity index (χ0n) is 15.2. The van der Waals surface area contributed by atoms with Gasteiger partial charge in [-0.3, -0.25) is 9.13 Å². The van der Waals surface area contributed by atoms with E-state index in [4.69, 9.17) is 20.3 Å². The van der Waals surface area contributed by atoms with Crippen molar-refractivity contribution < 1.29 is 110 Å². The molecule has 1 saturated heterocycles. The molecule has 0 amide bonds. The second-order valence-electron chi connectivity index (χ2n) is 5.44. The van der Waals surface area contributed by atoms with Crippen molar-refractivity contribution in [2.24, 2.45) is 0 Å². The van der Waals surface area contributed by atoms with Gasteiger partial charge in [0, 0.05) is 0 Å². The van der Waals surface area contributed by atoms with E-state index in [2.05, 4.69) is 23.8 Å². The molecule has 3 heterocycles. The van der Waals surface area contributed by atoms with Gasteiger partial charge in [0.2, 0.25) is 0 Å². The molecule has 0 aliphatic carbocycles. The largest absolute Gasteiger partial charge is 1.00 e. The fourth-order valence-corrected chi connectivity index (χ4v) is 4.03. The summed E-state index contributed by atoms with van der Waals surface area (Å²) in [4.78, 5) is 40.1. The number of hydrogen-bond donors (Lipinski definition) is 5. The molecule has 5 unspecified atom stereocenters. The maximum absolute atomic E-state index is 11.4. The van der Waals surface area contributed by atoms with E-state index in [-0.39, 0.29) is 79.3 Å². The van der Waals surface area contributed by atoms with E-state index < -0.39 is 46.8 Å². The number of aliphatic hydroxyl groups is 2. The number of aromatic nitrogens is 4. The standard InChI is InChI=1S/C10H15N5O10P2.K.2H2O/c11-8-5-9(13-2-12-8)15(3-14-5)10-7(17)6(16)4(24-10)1-23-27(21,22)25-26(18,19)20;;;/h2-4,6-7,10,16-17H,1H2,(H,21,22)(H2,11,12,13)(H2,18,19,20);;2*1H2/q;+1;;/p-1. The quantitative estimate of drug-likeness (QED) is 0.181. The first-order chi connectivity index (χ1) is 12.5. The second-order valence-corrected chi connectivity index (χ2v) is 8.23. The average Bonchev–Trinajstić information content (AvgIpc) is 3.07. The van der Waals surface area contributed by atoms with Crippen molar-refractivity contribution in [1.29, 1.82) is 0 Å². The minimum atomic E-state index is -5.38. The molecule has 166 valence electrons. The molecular formula is C10H18KN5O12P2. The maximum atomic E-state index is 11.4. The predicted molar refractivity (Wildman–Crippen MR) is 89.6 cm³/mol. The molecule has 0 spiro atoms. The molecule has 0 aromatic carbocycles. The number of nitrogen functional groups attached to an aromatic ring is 1. The molecular weight excluding hydrogens is 483 g/mol. The van der Waals surface area contributed by atoms with E-state index in [1.807, 2.05) is 0 Å². The zero-order valence-corrected chi connectivity index (χ0v) is 20.1. The third kappa shape index (κ3) is 6.77. The van der Waals surface area contributed by atoms with Crippen LogP contribution in [0, 0.1) is 0 Å². The first-order valence-electron chi connectivity index (χ1n) is 7.15. The molecule has 5 atom stereocenters. The zero-order chi connectivity index (χ0) is 20.0. The summed E-state index contributed by atoms with van der Waals surface area (Å²) < 4.78 is 36.4. The Labute approximate surface area is 210 Å². The molecule has 10 N–H and O–H groups in total. The first kappa shape index (κ1) is 30.0. The van der Waals surface area contributed by atoms with Gasteiger partial charge in [0.1, 0.15) is 30.2 Å². The van der Waals surface area contributed by atoms with Crippen molar-refractivity contribution in [3.8, 4) is 0 Å². The summed E-state index contributed by atoms with van der Waals surface area (Å²) in [5.41, 5.74) is 6.08. The summed E-state index contributed by atoms with van der Waals surface area (Å²) in [5, 5.41) is 20.2. The molecule has 0 radical (unpaired) electrons.